The highest BCUT2D eigenvalue weighted by atomic mass is 15.2. The van der Waals surface area contributed by atoms with Gasteiger partial charge in [-0.25, -0.2) is 0 Å². The van der Waals surface area contributed by atoms with Crippen LogP contribution < -0.4 is 5.32 Å². The van der Waals surface area contributed by atoms with E-state index in [2.05, 4.69) is 43.1 Å². The average molecular weight is 296 g/mol. The van der Waals surface area contributed by atoms with Gasteiger partial charge in [0.25, 0.3) is 0 Å². The van der Waals surface area contributed by atoms with Gasteiger partial charge >= 0.3 is 0 Å². The summed E-state index contributed by atoms with van der Waals surface area (Å²) in [5.41, 5.74) is 0.550. The molecule has 1 N–H and O–H groups in total. The van der Waals surface area contributed by atoms with Crippen LogP contribution in [-0.2, 0) is 0 Å². The molecule has 3 heteroatoms. The molecule has 2 fully saturated rings. The van der Waals surface area contributed by atoms with Crippen molar-refractivity contribution in [3.8, 4) is 0 Å². The van der Waals surface area contributed by atoms with Gasteiger partial charge in [-0.1, -0.05) is 33.1 Å². The van der Waals surface area contributed by atoms with Crippen LogP contribution in [0, 0.1) is 11.3 Å². The molecule has 1 saturated carbocycles. The van der Waals surface area contributed by atoms with Gasteiger partial charge in [0.1, 0.15) is 0 Å². The van der Waals surface area contributed by atoms with Crippen molar-refractivity contribution in [3.05, 3.63) is 0 Å². The number of nitrogens with one attached hydrogen (secondary N) is 1. The number of likely N-dealkylation sites (N-methyl/N-ethyl adjacent to an activating group) is 1. The second-order valence-corrected chi connectivity index (χ2v) is 8.23. The van der Waals surface area contributed by atoms with Gasteiger partial charge in [0.15, 0.2) is 0 Å². The molecule has 0 spiro atoms. The normalized spacial score (nSPS) is 26.9. The molecule has 1 aliphatic carbocycles. The first-order valence-corrected chi connectivity index (χ1v) is 9.10. The molecule has 0 radical (unpaired) electrons. The minimum Gasteiger partial charge on any atom is -0.316 e. The highest BCUT2D eigenvalue weighted by Crippen LogP contribution is 2.37. The van der Waals surface area contributed by atoms with Crippen molar-refractivity contribution in [2.75, 3.05) is 46.8 Å². The van der Waals surface area contributed by atoms with Crippen LogP contribution in [0.4, 0.5) is 0 Å². The maximum atomic E-state index is 3.77. The molecule has 1 aliphatic heterocycles. The third-order valence-electron chi connectivity index (χ3n) is 5.50. The lowest BCUT2D eigenvalue weighted by Gasteiger charge is -2.41. The quantitative estimate of drug-likeness (QED) is 0.779. The van der Waals surface area contributed by atoms with Crippen LogP contribution >= 0.6 is 0 Å². The van der Waals surface area contributed by atoms with E-state index in [1.54, 1.807) is 0 Å². The summed E-state index contributed by atoms with van der Waals surface area (Å²) in [6.07, 6.45) is 8.54. The molecule has 2 rings (SSSR count). The Morgan fingerprint density at radius 1 is 1.19 bits per heavy atom. The Hall–Kier alpha value is -0.120. The summed E-state index contributed by atoms with van der Waals surface area (Å²) in [5.74, 6) is 0.760. The molecule has 3 nitrogen and oxygen atoms in total. The van der Waals surface area contributed by atoms with Gasteiger partial charge in [-0.3, -0.25) is 0 Å². The van der Waals surface area contributed by atoms with E-state index in [0.717, 1.165) is 12.0 Å². The van der Waals surface area contributed by atoms with Crippen molar-refractivity contribution in [3.63, 3.8) is 0 Å². The average Bonchev–Trinajstić information content (AvgIpc) is 2.88. The largest absolute Gasteiger partial charge is 0.316 e. The summed E-state index contributed by atoms with van der Waals surface area (Å²) in [5, 5.41) is 3.77. The van der Waals surface area contributed by atoms with Crippen molar-refractivity contribution in [2.45, 2.75) is 58.4 Å². The first kappa shape index (κ1) is 17.2. The molecule has 0 amide bonds. The molecule has 2 aliphatic rings. The van der Waals surface area contributed by atoms with Crippen LogP contribution in [0.5, 0.6) is 0 Å². The standard InChI is InChI=1S/C18H37N3/c1-16(2)12-19-14-18(9-6-5-7-10-18)15-21-11-8-17(13-21)20(3)4/h16-17,19H,5-15H2,1-4H3. The summed E-state index contributed by atoms with van der Waals surface area (Å²) in [4.78, 5) is 5.15. The Morgan fingerprint density at radius 2 is 1.90 bits per heavy atom. The first-order valence-electron chi connectivity index (χ1n) is 9.10. The minimum absolute atomic E-state index is 0.550. The van der Waals surface area contributed by atoms with E-state index in [-0.39, 0.29) is 0 Å². The van der Waals surface area contributed by atoms with Crippen molar-refractivity contribution >= 4 is 0 Å². The van der Waals surface area contributed by atoms with Gasteiger partial charge in [0.05, 0.1) is 0 Å². The highest BCUT2D eigenvalue weighted by molar-refractivity contribution is 4.91. The Kier molecular flexibility index (Phi) is 6.51. The van der Waals surface area contributed by atoms with E-state index >= 15 is 0 Å². The highest BCUT2D eigenvalue weighted by Gasteiger charge is 2.36. The monoisotopic (exact) mass is 295 g/mol. The Morgan fingerprint density at radius 3 is 2.48 bits per heavy atom. The zero-order valence-corrected chi connectivity index (χ0v) is 14.8. The van der Waals surface area contributed by atoms with E-state index in [1.165, 1.54) is 71.2 Å². The van der Waals surface area contributed by atoms with Gasteiger partial charge in [-0.2, -0.15) is 0 Å². The number of likely N-dealkylation sites (tertiary alicyclic amines) is 1. The predicted molar refractivity (Wildman–Crippen MR) is 91.8 cm³/mol. The summed E-state index contributed by atoms with van der Waals surface area (Å²) in [6.45, 7) is 10.9. The van der Waals surface area contributed by atoms with Gasteiger partial charge in [-0.05, 0) is 57.8 Å². The smallest absolute Gasteiger partial charge is 0.0229 e. The molecule has 1 saturated heterocycles. The summed E-state index contributed by atoms with van der Waals surface area (Å²) in [7, 11) is 4.46. The lowest BCUT2D eigenvalue weighted by molar-refractivity contribution is 0.111. The van der Waals surface area contributed by atoms with Crippen molar-refractivity contribution in [2.24, 2.45) is 11.3 Å². The molecule has 0 aromatic rings. The van der Waals surface area contributed by atoms with Crippen molar-refractivity contribution < 1.29 is 0 Å². The van der Waals surface area contributed by atoms with Crippen LogP contribution in [0.2, 0.25) is 0 Å². The fraction of sp³-hybridized carbons (Fsp3) is 1.00. The van der Waals surface area contributed by atoms with Crippen LogP contribution in [0.15, 0.2) is 0 Å². The van der Waals surface area contributed by atoms with Gasteiger partial charge in [-0.15, -0.1) is 0 Å². The lowest BCUT2D eigenvalue weighted by atomic mass is 9.73. The third-order valence-corrected chi connectivity index (χ3v) is 5.50. The molecule has 1 atom stereocenters. The maximum absolute atomic E-state index is 3.77. The number of nitrogens with zero attached hydrogens (tertiary/aromatic N) is 2. The number of hydrogen-bond acceptors (Lipinski definition) is 3. The second-order valence-electron chi connectivity index (χ2n) is 8.23. The predicted octanol–water partition coefficient (Wildman–Crippen LogP) is 2.82. The van der Waals surface area contributed by atoms with Crippen LogP contribution in [0.3, 0.4) is 0 Å². The summed E-state index contributed by atoms with van der Waals surface area (Å²) in [6, 6.07) is 0.772. The van der Waals surface area contributed by atoms with E-state index in [4.69, 9.17) is 0 Å². The van der Waals surface area contributed by atoms with E-state index in [9.17, 15) is 0 Å². The number of hydrogen-bond donors (Lipinski definition) is 1. The fourth-order valence-corrected chi connectivity index (χ4v) is 4.17. The van der Waals surface area contributed by atoms with Crippen LogP contribution in [0.25, 0.3) is 0 Å². The maximum Gasteiger partial charge on any atom is 0.0229 e. The Labute approximate surface area is 132 Å². The third kappa shape index (κ3) is 5.22. The topological polar surface area (TPSA) is 18.5 Å². The lowest BCUT2D eigenvalue weighted by Crippen LogP contribution is -2.46. The molecule has 0 bridgehead atoms. The number of rotatable bonds is 7. The zero-order chi connectivity index (χ0) is 15.3. The molecule has 124 valence electrons. The van der Waals surface area contributed by atoms with Gasteiger partial charge in [0, 0.05) is 25.7 Å². The minimum atomic E-state index is 0.550. The SMILES string of the molecule is CC(C)CNCC1(CN2CCC(N(C)C)C2)CCCCC1. The van der Waals surface area contributed by atoms with Crippen molar-refractivity contribution in [1.82, 2.24) is 15.1 Å². The van der Waals surface area contributed by atoms with Crippen molar-refractivity contribution in [1.29, 1.82) is 0 Å². The van der Waals surface area contributed by atoms with Crippen LogP contribution in [-0.4, -0.2) is 62.7 Å². The molecule has 1 heterocycles. The molecular formula is C18H37N3. The molecule has 21 heavy (non-hydrogen) atoms. The Bertz CT molecular complexity index is 295. The van der Waals surface area contributed by atoms with E-state index in [0.29, 0.717) is 5.41 Å². The second kappa shape index (κ2) is 7.94. The summed E-state index contributed by atoms with van der Waals surface area (Å²) < 4.78 is 0. The molecule has 0 aromatic heterocycles. The first-order chi connectivity index (χ1) is 10.0. The molecule has 0 aromatic carbocycles. The molecular weight excluding hydrogens is 258 g/mol. The fourth-order valence-electron chi connectivity index (χ4n) is 4.17. The zero-order valence-electron chi connectivity index (χ0n) is 14.8. The van der Waals surface area contributed by atoms with Gasteiger partial charge in [0.2, 0.25) is 0 Å². The van der Waals surface area contributed by atoms with Crippen LogP contribution in [0.1, 0.15) is 52.4 Å². The Balaban J connectivity index is 1.87. The summed E-state index contributed by atoms with van der Waals surface area (Å²) >= 11 is 0. The van der Waals surface area contributed by atoms with E-state index < -0.39 is 0 Å². The van der Waals surface area contributed by atoms with E-state index in [1.807, 2.05) is 0 Å². The van der Waals surface area contributed by atoms with Gasteiger partial charge < -0.3 is 15.1 Å². The molecule has 1 unspecified atom stereocenters.